The van der Waals surface area contributed by atoms with Crippen LogP contribution in [0.1, 0.15) is 63.3 Å². The molecule has 20 heavy (non-hydrogen) atoms. The Kier molecular flexibility index (Phi) is 7.14. The minimum atomic E-state index is -0.983. The van der Waals surface area contributed by atoms with Gasteiger partial charge in [-0.3, -0.25) is 9.59 Å². The molecule has 0 spiro atoms. The molecule has 1 unspecified atom stereocenters. The van der Waals surface area contributed by atoms with E-state index >= 15 is 0 Å². The van der Waals surface area contributed by atoms with Gasteiger partial charge in [0, 0.05) is 12.3 Å². The number of anilines is 1. The Balaban J connectivity index is 2.53. The molecule has 0 aliphatic heterocycles. The number of nitrogens with one attached hydrogen (secondary N) is 1. The Labute approximate surface area is 122 Å². The molecule has 0 radical (unpaired) electrons. The Morgan fingerprint density at radius 3 is 2.65 bits per heavy atom. The average molecular weight is 299 g/mol. The lowest BCUT2D eigenvalue weighted by Crippen LogP contribution is -2.12. The highest BCUT2D eigenvalue weighted by atomic mass is 32.1. The molecule has 1 aromatic rings. The second kappa shape index (κ2) is 8.63. The van der Waals surface area contributed by atoms with Gasteiger partial charge in [0.15, 0.2) is 0 Å². The summed E-state index contributed by atoms with van der Waals surface area (Å²) in [6.45, 7) is 4.27. The van der Waals surface area contributed by atoms with Gasteiger partial charge in [0.05, 0.1) is 6.42 Å². The van der Waals surface area contributed by atoms with Gasteiger partial charge >= 0.3 is 5.97 Å². The second-order valence-corrected chi connectivity index (χ2v) is 5.64. The Morgan fingerprint density at radius 2 is 2.05 bits per heavy atom. The SMILES string of the molecule is CCCCC(CC)c1nnc(NC(=O)CCC(=O)O)s1. The first-order valence-electron chi connectivity index (χ1n) is 6.91. The molecule has 0 fully saturated rings. The summed E-state index contributed by atoms with van der Waals surface area (Å²) in [4.78, 5) is 21.9. The first-order valence-corrected chi connectivity index (χ1v) is 7.73. The average Bonchev–Trinajstić information content (AvgIpc) is 2.86. The van der Waals surface area contributed by atoms with Gasteiger partial charge in [0.1, 0.15) is 5.01 Å². The van der Waals surface area contributed by atoms with Crippen molar-refractivity contribution >= 4 is 28.3 Å². The minimum absolute atomic E-state index is 0.0444. The van der Waals surface area contributed by atoms with Gasteiger partial charge in [-0.05, 0) is 12.8 Å². The van der Waals surface area contributed by atoms with Crippen molar-refractivity contribution in [1.82, 2.24) is 10.2 Å². The molecule has 0 aromatic carbocycles. The van der Waals surface area contributed by atoms with Crippen LogP contribution >= 0.6 is 11.3 Å². The number of carboxylic acids is 1. The van der Waals surface area contributed by atoms with Gasteiger partial charge in [0.25, 0.3) is 0 Å². The standard InChI is InChI=1S/C13H21N3O3S/c1-3-5-6-9(4-2)12-15-16-13(20-12)14-10(17)7-8-11(18)19/h9H,3-8H2,1-2H3,(H,18,19)(H,14,16,17). The van der Waals surface area contributed by atoms with Crippen LogP contribution < -0.4 is 5.32 Å². The number of unbranched alkanes of at least 4 members (excludes halogenated alkanes) is 1. The molecule has 1 amide bonds. The number of nitrogens with zero attached hydrogens (tertiary/aromatic N) is 2. The largest absolute Gasteiger partial charge is 0.481 e. The molecular weight excluding hydrogens is 278 g/mol. The lowest BCUT2D eigenvalue weighted by Gasteiger charge is -2.09. The van der Waals surface area contributed by atoms with Crippen molar-refractivity contribution in [1.29, 1.82) is 0 Å². The molecule has 1 heterocycles. The third-order valence-corrected chi connectivity index (χ3v) is 4.00. The zero-order chi connectivity index (χ0) is 15.0. The number of rotatable bonds is 9. The predicted molar refractivity (Wildman–Crippen MR) is 78.0 cm³/mol. The zero-order valence-electron chi connectivity index (χ0n) is 11.9. The molecule has 0 saturated carbocycles. The molecular formula is C13H21N3O3S. The highest BCUT2D eigenvalue weighted by Gasteiger charge is 2.16. The molecule has 6 nitrogen and oxygen atoms in total. The molecule has 1 atom stereocenters. The van der Waals surface area contributed by atoms with Gasteiger partial charge in [-0.2, -0.15) is 0 Å². The van der Waals surface area contributed by atoms with Crippen molar-refractivity contribution < 1.29 is 14.7 Å². The summed E-state index contributed by atoms with van der Waals surface area (Å²) in [6.07, 6.45) is 4.16. The summed E-state index contributed by atoms with van der Waals surface area (Å²) in [5.41, 5.74) is 0. The number of hydrogen-bond acceptors (Lipinski definition) is 5. The molecule has 0 bridgehead atoms. The Hall–Kier alpha value is -1.50. The fraction of sp³-hybridized carbons (Fsp3) is 0.692. The highest BCUT2D eigenvalue weighted by molar-refractivity contribution is 7.15. The Bertz CT molecular complexity index is 448. The molecule has 1 aromatic heterocycles. The number of hydrogen-bond donors (Lipinski definition) is 2. The second-order valence-electron chi connectivity index (χ2n) is 4.63. The van der Waals surface area contributed by atoms with Crippen LogP contribution in [0, 0.1) is 0 Å². The first-order chi connectivity index (χ1) is 9.56. The van der Waals surface area contributed by atoms with Crippen LogP contribution in [0.2, 0.25) is 0 Å². The van der Waals surface area contributed by atoms with Crippen LogP contribution in [0.25, 0.3) is 0 Å². The molecule has 7 heteroatoms. The van der Waals surface area contributed by atoms with Gasteiger partial charge in [-0.25, -0.2) is 0 Å². The number of carbonyl (C=O) groups excluding carboxylic acids is 1. The van der Waals surface area contributed by atoms with Crippen molar-refractivity contribution in [2.75, 3.05) is 5.32 Å². The third-order valence-electron chi connectivity index (χ3n) is 3.00. The van der Waals surface area contributed by atoms with E-state index in [2.05, 4.69) is 29.4 Å². The molecule has 2 N–H and O–H groups in total. The van der Waals surface area contributed by atoms with Gasteiger partial charge in [-0.1, -0.05) is 38.0 Å². The molecule has 1 rings (SSSR count). The molecule has 0 aliphatic rings. The Morgan fingerprint density at radius 1 is 1.30 bits per heavy atom. The van der Waals surface area contributed by atoms with Crippen LogP contribution in [0.5, 0.6) is 0 Å². The van der Waals surface area contributed by atoms with Gasteiger partial charge in [0.2, 0.25) is 11.0 Å². The normalized spacial score (nSPS) is 12.1. The summed E-state index contributed by atoms with van der Waals surface area (Å²) in [5, 5.41) is 20.6. The van der Waals surface area contributed by atoms with E-state index in [-0.39, 0.29) is 18.7 Å². The number of amides is 1. The van der Waals surface area contributed by atoms with E-state index < -0.39 is 5.97 Å². The van der Waals surface area contributed by atoms with Gasteiger partial charge < -0.3 is 10.4 Å². The van der Waals surface area contributed by atoms with E-state index in [1.807, 2.05) is 0 Å². The van der Waals surface area contributed by atoms with Gasteiger partial charge in [-0.15, -0.1) is 10.2 Å². The minimum Gasteiger partial charge on any atom is -0.481 e. The number of aliphatic carboxylic acids is 1. The summed E-state index contributed by atoms with van der Waals surface area (Å²) >= 11 is 1.38. The summed E-state index contributed by atoms with van der Waals surface area (Å²) < 4.78 is 0. The first kappa shape index (κ1) is 16.6. The topological polar surface area (TPSA) is 92.2 Å². The van der Waals surface area contributed by atoms with E-state index in [1.165, 1.54) is 11.3 Å². The fourth-order valence-electron chi connectivity index (χ4n) is 1.81. The number of carbonyl (C=O) groups is 2. The molecule has 112 valence electrons. The van der Waals surface area contributed by atoms with Crippen LogP contribution in [0.15, 0.2) is 0 Å². The quantitative estimate of drug-likeness (QED) is 0.731. The van der Waals surface area contributed by atoms with Crippen molar-refractivity contribution in [3.63, 3.8) is 0 Å². The van der Waals surface area contributed by atoms with E-state index in [1.54, 1.807) is 0 Å². The maximum absolute atomic E-state index is 11.5. The maximum Gasteiger partial charge on any atom is 0.303 e. The summed E-state index contributed by atoms with van der Waals surface area (Å²) in [7, 11) is 0. The van der Waals surface area contributed by atoms with E-state index in [4.69, 9.17) is 5.11 Å². The lowest BCUT2D eigenvalue weighted by molar-refractivity contribution is -0.138. The van der Waals surface area contributed by atoms with Crippen molar-refractivity contribution in [3.8, 4) is 0 Å². The summed E-state index contributed by atoms with van der Waals surface area (Å²) in [5.74, 6) is -0.933. The van der Waals surface area contributed by atoms with E-state index in [0.717, 1.165) is 30.7 Å². The van der Waals surface area contributed by atoms with Crippen molar-refractivity contribution in [3.05, 3.63) is 5.01 Å². The third kappa shape index (κ3) is 5.64. The number of aromatic nitrogens is 2. The van der Waals surface area contributed by atoms with E-state index in [9.17, 15) is 9.59 Å². The molecule has 0 aliphatic carbocycles. The monoisotopic (exact) mass is 299 g/mol. The van der Waals surface area contributed by atoms with Crippen molar-refractivity contribution in [2.45, 2.75) is 58.3 Å². The fourth-order valence-corrected chi connectivity index (χ4v) is 2.78. The highest BCUT2D eigenvalue weighted by Crippen LogP contribution is 2.29. The van der Waals surface area contributed by atoms with Crippen LogP contribution in [-0.2, 0) is 9.59 Å². The van der Waals surface area contributed by atoms with Crippen LogP contribution in [-0.4, -0.2) is 27.2 Å². The van der Waals surface area contributed by atoms with Crippen LogP contribution in [0.3, 0.4) is 0 Å². The number of carboxylic acid groups (broad SMARTS) is 1. The maximum atomic E-state index is 11.5. The molecule has 0 saturated heterocycles. The van der Waals surface area contributed by atoms with Crippen LogP contribution in [0.4, 0.5) is 5.13 Å². The lowest BCUT2D eigenvalue weighted by atomic mass is 10.0. The van der Waals surface area contributed by atoms with Crippen molar-refractivity contribution in [2.24, 2.45) is 0 Å². The zero-order valence-corrected chi connectivity index (χ0v) is 12.7. The summed E-state index contributed by atoms with van der Waals surface area (Å²) in [6, 6.07) is 0. The predicted octanol–water partition coefficient (Wildman–Crippen LogP) is 3.03. The van der Waals surface area contributed by atoms with E-state index in [0.29, 0.717) is 11.0 Å². The smallest absolute Gasteiger partial charge is 0.303 e.